The lowest BCUT2D eigenvalue weighted by molar-refractivity contribution is -0.143. The van der Waals surface area contributed by atoms with E-state index in [0.29, 0.717) is 19.1 Å². The summed E-state index contributed by atoms with van der Waals surface area (Å²) in [6.45, 7) is 1.56. The number of nitrogens with zero attached hydrogens (tertiary/aromatic N) is 1. The Labute approximate surface area is 186 Å². The van der Waals surface area contributed by atoms with Crippen LogP contribution in [-0.2, 0) is 22.4 Å². The number of benzene rings is 2. The molecule has 0 aliphatic carbocycles. The van der Waals surface area contributed by atoms with Crippen LogP contribution in [0.25, 0.3) is 0 Å². The summed E-state index contributed by atoms with van der Waals surface area (Å²) in [6, 6.07) is 14.7. The maximum Gasteiger partial charge on any atom is 0.306 e. The zero-order chi connectivity index (χ0) is 22.1. The third-order valence-corrected chi connectivity index (χ3v) is 6.12. The van der Waals surface area contributed by atoms with Gasteiger partial charge in [0.05, 0.1) is 20.8 Å². The van der Waals surface area contributed by atoms with Crippen LogP contribution in [0, 0.1) is 0 Å². The van der Waals surface area contributed by atoms with Crippen LogP contribution in [0.4, 0.5) is 0 Å². The summed E-state index contributed by atoms with van der Waals surface area (Å²) in [6.07, 6.45) is 6.36. The third kappa shape index (κ3) is 6.47. The Morgan fingerprint density at radius 3 is 2.52 bits per heavy atom. The monoisotopic (exact) mass is 425 g/mol. The van der Waals surface area contributed by atoms with Crippen molar-refractivity contribution in [2.45, 2.75) is 51.0 Å². The first-order valence-electron chi connectivity index (χ1n) is 11.3. The fourth-order valence-electron chi connectivity index (χ4n) is 4.30. The average molecular weight is 426 g/mol. The maximum atomic E-state index is 11.9. The second-order valence-electron chi connectivity index (χ2n) is 8.21. The lowest BCUT2D eigenvalue weighted by atomic mass is 9.89. The van der Waals surface area contributed by atoms with Gasteiger partial charge in [0.15, 0.2) is 11.5 Å². The smallest absolute Gasteiger partial charge is 0.306 e. The number of likely N-dealkylation sites (N-methyl/N-ethyl adjacent to an activating group) is 1. The van der Waals surface area contributed by atoms with E-state index in [2.05, 4.69) is 24.1 Å². The molecule has 1 unspecified atom stereocenters. The molecule has 1 aliphatic heterocycles. The van der Waals surface area contributed by atoms with Crippen molar-refractivity contribution in [3.05, 3.63) is 59.2 Å². The lowest BCUT2D eigenvalue weighted by Gasteiger charge is -2.35. The highest BCUT2D eigenvalue weighted by molar-refractivity contribution is 5.69. The Balaban J connectivity index is 1.40. The molecule has 2 aromatic carbocycles. The van der Waals surface area contributed by atoms with Crippen molar-refractivity contribution in [2.24, 2.45) is 0 Å². The van der Waals surface area contributed by atoms with E-state index in [1.807, 2.05) is 30.3 Å². The Bertz CT molecular complexity index is 837. The molecule has 0 fully saturated rings. The third-order valence-electron chi connectivity index (χ3n) is 6.12. The Kier molecular flexibility index (Phi) is 8.77. The Morgan fingerprint density at radius 2 is 1.77 bits per heavy atom. The fraction of sp³-hybridized carbons (Fsp3) is 0.500. The average Bonchev–Trinajstić information content (AvgIpc) is 2.80. The molecule has 0 amide bonds. The second kappa shape index (κ2) is 11.8. The molecule has 0 spiro atoms. The fourth-order valence-corrected chi connectivity index (χ4v) is 4.30. The first-order chi connectivity index (χ1) is 15.1. The lowest BCUT2D eigenvalue weighted by Crippen LogP contribution is -2.32. The van der Waals surface area contributed by atoms with Crippen LogP contribution in [-0.4, -0.2) is 45.3 Å². The molecule has 1 heterocycles. The van der Waals surface area contributed by atoms with Gasteiger partial charge < -0.3 is 14.2 Å². The summed E-state index contributed by atoms with van der Waals surface area (Å²) in [4.78, 5) is 14.4. The van der Waals surface area contributed by atoms with E-state index >= 15 is 0 Å². The number of ether oxygens (including phenoxy) is 3. The van der Waals surface area contributed by atoms with Gasteiger partial charge in [-0.2, -0.15) is 0 Å². The number of aryl methyl sites for hydroxylation is 1. The molecule has 1 aliphatic rings. The number of unbranched alkanes of at least 4 members (excludes halogenated alkanes) is 2. The molecule has 3 rings (SSSR count). The molecule has 0 N–H and O–H groups in total. The SMILES string of the molecule is COc1cc2c(cc1OC)C(CCCCCOC(=O)CCc1ccccc1)N(C)CC2. The van der Waals surface area contributed by atoms with Gasteiger partial charge in [-0.05, 0) is 68.0 Å². The molecule has 5 heteroatoms. The Morgan fingerprint density at radius 1 is 1.03 bits per heavy atom. The number of hydrogen-bond acceptors (Lipinski definition) is 5. The van der Waals surface area contributed by atoms with E-state index in [1.165, 1.54) is 16.7 Å². The van der Waals surface area contributed by atoms with E-state index in [0.717, 1.165) is 56.6 Å². The molecule has 1 atom stereocenters. The zero-order valence-electron chi connectivity index (χ0n) is 19.1. The summed E-state index contributed by atoms with van der Waals surface area (Å²) in [5.41, 5.74) is 3.87. The number of hydrogen-bond donors (Lipinski definition) is 0. The van der Waals surface area contributed by atoms with Gasteiger partial charge in [0.1, 0.15) is 0 Å². The molecule has 0 saturated heterocycles. The quantitative estimate of drug-likeness (QED) is 0.376. The summed E-state index contributed by atoms with van der Waals surface area (Å²) in [7, 11) is 5.57. The minimum atomic E-state index is -0.106. The summed E-state index contributed by atoms with van der Waals surface area (Å²) in [5, 5.41) is 0. The van der Waals surface area contributed by atoms with Gasteiger partial charge in [0, 0.05) is 19.0 Å². The molecular weight excluding hydrogens is 390 g/mol. The van der Waals surface area contributed by atoms with E-state index in [-0.39, 0.29) is 5.97 Å². The first-order valence-corrected chi connectivity index (χ1v) is 11.3. The minimum absolute atomic E-state index is 0.106. The van der Waals surface area contributed by atoms with E-state index in [1.54, 1.807) is 14.2 Å². The number of esters is 1. The highest BCUT2D eigenvalue weighted by atomic mass is 16.5. The van der Waals surface area contributed by atoms with Gasteiger partial charge in [-0.3, -0.25) is 9.69 Å². The van der Waals surface area contributed by atoms with Gasteiger partial charge >= 0.3 is 5.97 Å². The minimum Gasteiger partial charge on any atom is -0.493 e. The molecule has 0 bridgehead atoms. The predicted octanol–water partition coefficient (Wildman–Crippen LogP) is 4.97. The highest BCUT2D eigenvalue weighted by Gasteiger charge is 2.26. The van der Waals surface area contributed by atoms with Crippen LogP contribution in [0.5, 0.6) is 11.5 Å². The van der Waals surface area contributed by atoms with Crippen LogP contribution >= 0.6 is 0 Å². The van der Waals surface area contributed by atoms with E-state index in [4.69, 9.17) is 14.2 Å². The summed E-state index contributed by atoms with van der Waals surface area (Å²) in [5.74, 6) is 1.49. The standard InChI is InChI=1S/C26H35NO4/c1-27-16-15-21-18-24(29-2)25(30-3)19-22(21)23(27)12-8-5-9-17-31-26(28)14-13-20-10-6-4-7-11-20/h4,6-7,10-11,18-19,23H,5,8-9,12-17H2,1-3H3. The number of carbonyl (C=O) groups excluding carboxylic acids is 1. The van der Waals surface area contributed by atoms with E-state index in [9.17, 15) is 4.79 Å². The molecular formula is C26H35NO4. The molecule has 0 saturated carbocycles. The van der Waals surface area contributed by atoms with Crippen molar-refractivity contribution in [1.29, 1.82) is 0 Å². The second-order valence-corrected chi connectivity index (χ2v) is 8.21. The molecule has 2 aromatic rings. The summed E-state index contributed by atoms with van der Waals surface area (Å²) >= 11 is 0. The topological polar surface area (TPSA) is 48.0 Å². The predicted molar refractivity (Wildman–Crippen MR) is 123 cm³/mol. The number of fused-ring (bicyclic) bond motifs is 1. The number of rotatable bonds is 11. The molecule has 0 aromatic heterocycles. The Hall–Kier alpha value is -2.53. The van der Waals surface area contributed by atoms with Crippen LogP contribution in [0.15, 0.2) is 42.5 Å². The first kappa shape index (κ1) is 23.1. The van der Waals surface area contributed by atoms with Crippen LogP contribution in [0.3, 0.4) is 0 Å². The highest BCUT2D eigenvalue weighted by Crippen LogP contribution is 2.39. The van der Waals surface area contributed by atoms with Crippen molar-refractivity contribution in [2.75, 3.05) is 34.4 Å². The number of carbonyl (C=O) groups is 1. The van der Waals surface area contributed by atoms with Crippen molar-refractivity contribution < 1.29 is 19.0 Å². The summed E-state index contributed by atoms with van der Waals surface area (Å²) < 4.78 is 16.4. The molecule has 5 nitrogen and oxygen atoms in total. The van der Waals surface area contributed by atoms with Crippen molar-refractivity contribution >= 4 is 5.97 Å². The maximum absolute atomic E-state index is 11.9. The van der Waals surface area contributed by atoms with Crippen LogP contribution in [0.2, 0.25) is 0 Å². The van der Waals surface area contributed by atoms with Gasteiger partial charge in [-0.25, -0.2) is 0 Å². The van der Waals surface area contributed by atoms with Crippen molar-refractivity contribution in [1.82, 2.24) is 4.90 Å². The molecule has 168 valence electrons. The van der Waals surface area contributed by atoms with Gasteiger partial charge in [0.25, 0.3) is 0 Å². The van der Waals surface area contributed by atoms with Crippen molar-refractivity contribution in [3.8, 4) is 11.5 Å². The largest absolute Gasteiger partial charge is 0.493 e. The molecule has 31 heavy (non-hydrogen) atoms. The van der Waals surface area contributed by atoms with Gasteiger partial charge in [-0.15, -0.1) is 0 Å². The van der Waals surface area contributed by atoms with Gasteiger partial charge in [0.2, 0.25) is 0 Å². The van der Waals surface area contributed by atoms with Crippen LogP contribution < -0.4 is 9.47 Å². The van der Waals surface area contributed by atoms with E-state index < -0.39 is 0 Å². The number of methoxy groups -OCH3 is 2. The molecule has 0 radical (unpaired) electrons. The van der Waals surface area contributed by atoms with Crippen LogP contribution in [0.1, 0.15) is 54.8 Å². The van der Waals surface area contributed by atoms with Crippen molar-refractivity contribution in [3.63, 3.8) is 0 Å². The zero-order valence-corrected chi connectivity index (χ0v) is 19.1. The van der Waals surface area contributed by atoms with Gasteiger partial charge in [-0.1, -0.05) is 36.8 Å². The normalized spacial score (nSPS) is 15.9.